The molecule has 1 aromatic rings. The quantitative estimate of drug-likeness (QED) is 0.709. The average Bonchev–Trinajstić information content (AvgIpc) is 2.00. The first-order valence-corrected chi connectivity index (χ1v) is 4.62. The maximum absolute atomic E-state index is 9.06. The number of hydrogen-bond acceptors (Lipinski definition) is 1. The van der Waals surface area contributed by atoms with Gasteiger partial charge in [0, 0.05) is 0 Å². The smallest absolute Gasteiger partial charge is 0.115 e. The molecule has 0 spiro atoms. The molecule has 2 rings (SSSR count). The van der Waals surface area contributed by atoms with Gasteiger partial charge in [-0.1, -0.05) is 31.4 Å². The highest BCUT2D eigenvalue weighted by atomic mass is 16.3. The van der Waals surface area contributed by atoms with Crippen molar-refractivity contribution in [3.63, 3.8) is 0 Å². The number of phenols is 1. The Morgan fingerprint density at radius 1 is 1.17 bits per heavy atom. The summed E-state index contributed by atoms with van der Waals surface area (Å²) in [6.07, 6.45) is 5.38. The molecule has 1 nitrogen and oxygen atoms in total. The second-order valence-electron chi connectivity index (χ2n) is 3.67. The van der Waals surface area contributed by atoms with Gasteiger partial charge < -0.3 is 5.11 Å². The minimum atomic E-state index is 0.368. The Morgan fingerprint density at radius 2 is 1.83 bits per heavy atom. The van der Waals surface area contributed by atoms with Gasteiger partial charge in [0.25, 0.3) is 0 Å². The molecular formula is C11H14O. The second kappa shape index (κ2) is 3.18. The number of hydrogen-bond donors (Lipinski definition) is 1. The molecule has 0 unspecified atom stereocenters. The van der Waals surface area contributed by atoms with Gasteiger partial charge >= 0.3 is 0 Å². The van der Waals surface area contributed by atoms with Crippen molar-refractivity contribution >= 4 is 0 Å². The first-order chi connectivity index (χ1) is 5.84. The third-order valence-electron chi connectivity index (χ3n) is 2.69. The van der Waals surface area contributed by atoms with Crippen LogP contribution in [0.2, 0.25) is 0 Å². The van der Waals surface area contributed by atoms with E-state index in [4.69, 9.17) is 5.11 Å². The lowest BCUT2D eigenvalue weighted by Crippen LogP contribution is -2.13. The Hall–Kier alpha value is -0.980. The van der Waals surface area contributed by atoms with E-state index in [0.717, 1.165) is 5.92 Å². The lowest BCUT2D eigenvalue weighted by Gasteiger charge is -2.25. The molecule has 0 saturated heterocycles. The summed E-state index contributed by atoms with van der Waals surface area (Å²) < 4.78 is 0. The summed E-state index contributed by atoms with van der Waals surface area (Å²) in [6, 6.07) is 7.59. The summed E-state index contributed by atoms with van der Waals surface area (Å²) in [6.45, 7) is 0. The van der Waals surface area contributed by atoms with Gasteiger partial charge in [-0.05, 0) is 30.0 Å². The third kappa shape index (κ3) is 1.60. The van der Waals surface area contributed by atoms with Crippen LogP contribution < -0.4 is 0 Å². The molecule has 0 amide bonds. The summed E-state index contributed by atoms with van der Waals surface area (Å²) in [4.78, 5) is 0. The largest absolute Gasteiger partial charge is 0.508 e. The normalized spacial score (nSPS) is 17.3. The predicted molar refractivity (Wildman–Crippen MR) is 49.2 cm³/mol. The standard InChI is InChI=1S/C11H14O/c12-11-6-4-10(5-7-11)8-9-2-1-3-9/h4-7,9,12H,1-3,8H2. The van der Waals surface area contributed by atoms with Crippen molar-refractivity contribution in [2.75, 3.05) is 0 Å². The van der Waals surface area contributed by atoms with Crippen LogP contribution >= 0.6 is 0 Å². The average molecular weight is 162 g/mol. The molecule has 1 heteroatoms. The number of benzene rings is 1. The van der Waals surface area contributed by atoms with Gasteiger partial charge in [-0.2, -0.15) is 0 Å². The van der Waals surface area contributed by atoms with Crippen molar-refractivity contribution in [1.29, 1.82) is 0 Å². The van der Waals surface area contributed by atoms with Crippen molar-refractivity contribution in [2.24, 2.45) is 5.92 Å². The van der Waals surface area contributed by atoms with Crippen LogP contribution in [0.5, 0.6) is 5.75 Å². The van der Waals surface area contributed by atoms with E-state index in [1.165, 1.54) is 31.2 Å². The second-order valence-corrected chi connectivity index (χ2v) is 3.67. The fourth-order valence-corrected chi connectivity index (χ4v) is 1.66. The number of aromatic hydroxyl groups is 1. The molecule has 1 fully saturated rings. The van der Waals surface area contributed by atoms with Gasteiger partial charge in [0.2, 0.25) is 0 Å². The van der Waals surface area contributed by atoms with E-state index in [9.17, 15) is 0 Å². The highest BCUT2D eigenvalue weighted by Crippen LogP contribution is 2.29. The SMILES string of the molecule is Oc1ccc(CC2CCC2)cc1. The van der Waals surface area contributed by atoms with Gasteiger partial charge in [-0.25, -0.2) is 0 Å². The van der Waals surface area contributed by atoms with Crippen molar-refractivity contribution in [3.8, 4) is 5.75 Å². The molecule has 1 aliphatic rings. The van der Waals surface area contributed by atoms with Crippen LogP contribution in [-0.2, 0) is 6.42 Å². The Bertz CT molecular complexity index is 246. The Labute approximate surface area is 73.0 Å². The van der Waals surface area contributed by atoms with Crippen LogP contribution in [-0.4, -0.2) is 5.11 Å². The Morgan fingerprint density at radius 3 is 2.33 bits per heavy atom. The highest BCUT2D eigenvalue weighted by molar-refractivity contribution is 5.26. The first-order valence-electron chi connectivity index (χ1n) is 4.62. The van der Waals surface area contributed by atoms with Gasteiger partial charge in [-0.15, -0.1) is 0 Å². The monoisotopic (exact) mass is 162 g/mol. The van der Waals surface area contributed by atoms with Gasteiger partial charge in [-0.3, -0.25) is 0 Å². The summed E-state index contributed by atoms with van der Waals surface area (Å²) in [5.41, 5.74) is 1.36. The molecule has 64 valence electrons. The fourth-order valence-electron chi connectivity index (χ4n) is 1.66. The summed E-state index contributed by atoms with van der Waals surface area (Å²) in [5, 5.41) is 9.06. The maximum Gasteiger partial charge on any atom is 0.115 e. The van der Waals surface area contributed by atoms with Crippen molar-refractivity contribution in [2.45, 2.75) is 25.7 Å². The highest BCUT2D eigenvalue weighted by Gasteiger charge is 2.17. The minimum absolute atomic E-state index is 0.368. The number of phenolic OH excluding ortho intramolecular Hbond substituents is 1. The molecule has 1 aromatic carbocycles. The van der Waals surface area contributed by atoms with Crippen molar-refractivity contribution in [3.05, 3.63) is 29.8 Å². The van der Waals surface area contributed by atoms with Crippen LogP contribution in [0.3, 0.4) is 0 Å². The van der Waals surface area contributed by atoms with E-state index in [-0.39, 0.29) is 0 Å². The molecule has 12 heavy (non-hydrogen) atoms. The summed E-state index contributed by atoms with van der Waals surface area (Å²) in [7, 11) is 0. The molecule has 0 radical (unpaired) electrons. The van der Waals surface area contributed by atoms with E-state index >= 15 is 0 Å². The molecule has 1 aliphatic carbocycles. The molecule has 1 N–H and O–H groups in total. The predicted octanol–water partition coefficient (Wildman–Crippen LogP) is 2.73. The van der Waals surface area contributed by atoms with Crippen molar-refractivity contribution < 1.29 is 5.11 Å². The lowest BCUT2D eigenvalue weighted by atomic mass is 9.81. The lowest BCUT2D eigenvalue weighted by molar-refractivity contribution is 0.314. The zero-order chi connectivity index (χ0) is 8.39. The topological polar surface area (TPSA) is 20.2 Å². The zero-order valence-corrected chi connectivity index (χ0v) is 7.16. The van der Waals surface area contributed by atoms with Crippen LogP contribution in [0.15, 0.2) is 24.3 Å². The van der Waals surface area contributed by atoms with Gasteiger partial charge in [0.15, 0.2) is 0 Å². The molecule has 1 saturated carbocycles. The van der Waals surface area contributed by atoms with Crippen LogP contribution in [0, 0.1) is 5.92 Å². The summed E-state index contributed by atoms with van der Waals surface area (Å²) >= 11 is 0. The molecule has 0 atom stereocenters. The van der Waals surface area contributed by atoms with E-state index in [2.05, 4.69) is 0 Å². The van der Waals surface area contributed by atoms with Gasteiger partial charge in [0.05, 0.1) is 0 Å². The van der Waals surface area contributed by atoms with Gasteiger partial charge in [0.1, 0.15) is 5.75 Å². The molecule has 0 bridgehead atoms. The van der Waals surface area contributed by atoms with Crippen LogP contribution in [0.1, 0.15) is 24.8 Å². The molecule has 0 aliphatic heterocycles. The Balaban J connectivity index is 1.98. The molecule has 0 aromatic heterocycles. The maximum atomic E-state index is 9.06. The van der Waals surface area contributed by atoms with E-state index in [1.807, 2.05) is 12.1 Å². The van der Waals surface area contributed by atoms with Crippen LogP contribution in [0.25, 0.3) is 0 Å². The van der Waals surface area contributed by atoms with Crippen LogP contribution in [0.4, 0.5) is 0 Å². The minimum Gasteiger partial charge on any atom is -0.508 e. The van der Waals surface area contributed by atoms with E-state index < -0.39 is 0 Å². The molecule has 0 heterocycles. The van der Waals surface area contributed by atoms with E-state index in [1.54, 1.807) is 12.1 Å². The number of rotatable bonds is 2. The summed E-state index contributed by atoms with van der Waals surface area (Å²) in [5.74, 6) is 1.28. The van der Waals surface area contributed by atoms with Crippen molar-refractivity contribution in [1.82, 2.24) is 0 Å². The first kappa shape index (κ1) is 7.66. The molecular weight excluding hydrogens is 148 g/mol. The Kier molecular flexibility index (Phi) is 2.03. The van der Waals surface area contributed by atoms with E-state index in [0.29, 0.717) is 5.75 Å². The fraction of sp³-hybridized carbons (Fsp3) is 0.455. The third-order valence-corrected chi connectivity index (χ3v) is 2.69. The zero-order valence-electron chi connectivity index (χ0n) is 7.16.